The summed E-state index contributed by atoms with van der Waals surface area (Å²) in [5.74, 6) is -23.7. The number of carbonyl (C=O) groups is 1. The number of carboxylic acids is 1. The Hall–Kier alpha value is -1.35. The molecule has 1 rings (SSSR count). The van der Waals surface area contributed by atoms with Crippen molar-refractivity contribution in [2.75, 3.05) is 0 Å². The van der Waals surface area contributed by atoms with Crippen LogP contribution in [0.3, 0.4) is 0 Å². The normalized spacial score (nSPS) is 19.9. The van der Waals surface area contributed by atoms with Gasteiger partial charge in [0.15, 0.2) is 0 Å². The zero-order valence-corrected chi connectivity index (χ0v) is 16.6. The molecule has 0 heterocycles. The van der Waals surface area contributed by atoms with Crippen molar-refractivity contribution in [2.45, 2.75) is 55.5 Å². The van der Waals surface area contributed by atoms with Crippen LogP contribution in [0.5, 0.6) is 0 Å². The molecule has 0 aromatic heterocycles. The molecule has 1 aliphatic rings. The van der Waals surface area contributed by atoms with Gasteiger partial charge in [0.25, 0.3) is 0 Å². The monoisotopic (exact) mass is 572 g/mol. The van der Waals surface area contributed by atoms with E-state index in [9.17, 15) is 53.1 Å². The summed E-state index contributed by atoms with van der Waals surface area (Å²) in [5.41, 5.74) is -2.48. The molecule has 0 fully saturated rings. The van der Waals surface area contributed by atoms with Gasteiger partial charge in [-0.1, -0.05) is 12.2 Å². The SMILES string of the molecule is O=C(O)C1=C(CCC=CCCC(F)(F)C(F)(F)C(F)(F)F)C(I)=CC(F)(F)C1(F)F. The Labute approximate surface area is 175 Å². The van der Waals surface area contributed by atoms with Gasteiger partial charge in [-0.15, -0.1) is 0 Å². The zero-order chi connectivity index (χ0) is 23.8. The third kappa shape index (κ3) is 5.10. The van der Waals surface area contributed by atoms with Crippen LogP contribution in [-0.2, 0) is 4.79 Å². The average Bonchev–Trinajstić information content (AvgIpc) is 2.53. The molecule has 30 heavy (non-hydrogen) atoms. The van der Waals surface area contributed by atoms with Crippen molar-refractivity contribution in [3.63, 3.8) is 0 Å². The molecule has 2 nitrogen and oxygen atoms in total. The lowest BCUT2D eigenvalue weighted by atomic mass is 9.89. The minimum Gasteiger partial charge on any atom is -0.478 e. The second-order valence-electron chi connectivity index (χ2n) is 6.17. The number of aliphatic carboxylic acids is 1. The Kier molecular flexibility index (Phi) is 7.69. The number of allylic oxidation sites excluding steroid dienone is 5. The fourth-order valence-corrected chi connectivity index (χ4v) is 3.34. The first-order valence-electron chi connectivity index (χ1n) is 7.88. The molecule has 0 atom stereocenters. The maximum absolute atomic E-state index is 13.8. The van der Waals surface area contributed by atoms with Gasteiger partial charge in [0.2, 0.25) is 0 Å². The van der Waals surface area contributed by atoms with Crippen molar-refractivity contribution < 1.29 is 58.2 Å². The molecule has 0 saturated carbocycles. The summed E-state index contributed by atoms with van der Waals surface area (Å²) >= 11 is 1.22. The molecule has 0 spiro atoms. The fraction of sp³-hybridized carbons (Fsp3) is 0.562. The molecular weight excluding hydrogens is 560 g/mol. The van der Waals surface area contributed by atoms with Crippen LogP contribution in [0.1, 0.15) is 25.7 Å². The molecule has 172 valence electrons. The predicted octanol–water partition coefficient (Wildman–Crippen LogP) is 6.92. The van der Waals surface area contributed by atoms with E-state index >= 15 is 0 Å². The van der Waals surface area contributed by atoms with Gasteiger partial charge in [-0.25, -0.2) is 4.79 Å². The van der Waals surface area contributed by atoms with Gasteiger partial charge < -0.3 is 5.11 Å². The van der Waals surface area contributed by atoms with Crippen molar-refractivity contribution in [3.05, 3.63) is 33.0 Å². The standard InChI is InChI=1S/C16H12F11IO2/c17-12(18,15(23,24)16(25,26)27)6-4-2-1-3-5-8-9(28)7-13(19,20)14(21,22)10(8)11(29)30/h1-2,7H,3-6H2,(H,29,30). The fourth-order valence-electron chi connectivity index (χ4n) is 2.41. The Morgan fingerprint density at radius 2 is 1.50 bits per heavy atom. The highest BCUT2D eigenvalue weighted by Gasteiger charge is 2.72. The maximum atomic E-state index is 13.8. The number of hydrogen-bond acceptors (Lipinski definition) is 1. The lowest BCUT2D eigenvalue weighted by molar-refractivity contribution is -0.355. The highest BCUT2D eigenvalue weighted by Crippen LogP contribution is 2.50. The summed E-state index contributed by atoms with van der Waals surface area (Å²) in [4.78, 5) is 11.1. The third-order valence-corrected chi connectivity index (χ3v) is 4.98. The van der Waals surface area contributed by atoms with E-state index in [1.54, 1.807) is 0 Å². The van der Waals surface area contributed by atoms with Gasteiger partial charge >= 0.3 is 35.8 Å². The summed E-state index contributed by atoms with van der Waals surface area (Å²) < 4.78 is 142. The molecule has 0 aromatic carbocycles. The van der Waals surface area contributed by atoms with Gasteiger partial charge in [-0.2, -0.15) is 48.3 Å². The lowest BCUT2D eigenvalue weighted by Crippen LogP contribution is -2.51. The lowest BCUT2D eigenvalue weighted by Gasteiger charge is -2.30. The van der Waals surface area contributed by atoms with Crippen molar-refractivity contribution >= 4 is 28.6 Å². The van der Waals surface area contributed by atoms with Crippen LogP contribution in [0.4, 0.5) is 48.3 Å². The zero-order valence-electron chi connectivity index (χ0n) is 14.5. The number of alkyl halides is 11. The van der Waals surface area contributed by atoms with Crippen molar-refractivity contribution in [3.8, 4) is 0 Å². The van der Waals surface area contributed by atoms with Crippen LogP contribution in [0, 0.1) is 0 Å². The van der Waals surface area contributed by atoms with E-state index < -0.39 is 69.8 Å². The van der Waals surface area contributed by atoms with E-state index in [0.29, 0.717) is 0 Å². The summed E-state index contributed by atoms with van der Waals surface area (Å²) in [6, 6.07) is 0. The van der Waals surface area contributed by atoms with Gasteiger partial charge in [0, 0.05) is 16.1 Å². The minimum absolute atomic E-state index is 0.126. The summed E-state index contributed by atoms with van der Waals surface area (Å²) in [6.45, 7) is 0. The second kappa shape index (κ2) is 8.65. The first-order chi connectivity index (χ1) is 13.3. The molecule has 0 radical (unpaired) electrons. The van der Waals surface area contributed by atoms with Crippen molar-refractivity contribution in [1.82, 2.24) is 0 Å². The highest BCUT2D eigenvalue weighted by atomic mass is 127. The number of carboxylic acid groups (broad SMARTS) is 1. The largest absolute Gasteiger partial charge is 0.478 e. The topological polar surface area (TPSA) is 37.3 Å². The quantitative estimate of drug-likeness (QED) is 0.195. The minimum atomic E-state index is -6.46. The Morgan fingerprint density at radius 1 is 1.00 bits per heavy atom. The van der Waals surface area contributed by atoms with E-state index in [0.717, 1.165) is 12.2 Å². The van der Waals surface area contributed by atoms with Crippen LogP contribution >= 0.6 is 22.6 Å². The summed E-state index contributed by atoms with van der Waals surface area (Å²) in [6.07, 6.45) is -8.58. The maximum Gasteiger partial charge on any atom is 0.459 e. The molecule has 0 amide bonds. The van der Waals surface area contributed by atoms with Gasteiger partial charge in [0.1, 0.15) is 5.57 Å². The van der Waals surface area contributed by atoms with Crippen molar-refractivity contribution in [1.29, 1.82) is 0 Å². The molecule has 0 aliphatic heterocycles. The number of halogens is 12. The molecule has 1 N–H and O–H groups in total. The average molecular weight is 572 g/mol. The Balaban J connectivity index is 2.85. The Bertz CT molecular complexity index is 764. The van der Waals surface area contributed by atoms with Crippen LogP contribution in [0.2, 0.25) is 0 Å². The molecule has 0 aromatic rings. The Morgan fingerprint density at radius 3 is 1.97 bits per heavy atom. The molecule has 0 unspecified atom stereocenters. The van der Waals surface area contributed by atoms with E-state index in [4.69, 9.17) is 5.11 Å². The number of hydrogen-bond donors (Lipinski definition) is 1. The third-order valence-electron chi connectivity index (χ3n) is 4.01. The van der Waals surface area contributed by atoms with Crippen LogP contribution in [-0.4, -0.2) is 40.9 Å². The van der Waals surface area contributed by atoms with E-state index in [-0.39, 0.29) is 12.5 Å². The van der Waals surface area contributed by atoms with Crippen LogP contribution in [0.15, 0.2) is 33.0 Å². The first-order valence-corrected chi connectivity index (χ1v) is 8.96. The van der Waals surface area contributed by atoms with E-state index in [1.807, 2.05) is 0 Å². The predicted molar refractivity (Wildman–Crippen MR) is 90.2 cm³/mol. The van der Waals surface area contributed by atoms with Gasteiger partial charge in [0.05, 0.1) is 0 Å². The molecule has 0 saturated heterocycles. The summed E-state index contributed by atoms with van der Waals surface area (Å²) in [5, 5.41) is 8.90. The van der Waals surface area contributed by atoms with Gasteiger partial charge in [-0.3, -0.25) is 0 Å². The molecular formula is C16H12F11IO2. The number of rotatable bonds is 8. The smallest absolute Gasteiger partial charge is 0.459 e. The van der Waals surface area contributed by atoms with Gasteiger partial charge in [-0.05, 0) is 47.4 Å². The molecule has 0 bridgehead atoms. The van der Waals surface area contributed by atoms with E-state index in [2.05, 4.69) is 0 Å². The van der Waals surface area contributed by atoms with Crippen molar-refractivity contribution in [2.24, 2.45) is 0 Å². The van der Waals surface area contributed by atoms with E-state index in [1.165, 1.54) is 22.6 Å². The van der Waals surface area contributed by atoms with Crippen LogP contribution < -0.4 is 0 Å². The second-order valence-corrected chi connectivity index (χ2v) is 7.34. The van der Waals surface area contributed by atoms with Crippen LogP contribution in [0.25, 0.3) is 0 Å². The summed E-state index contributed by atoms with van der Waals surface area (Å²) in [7, 11) is 0. The highest BCUT2D eigenvalue weighted by molar-refractivity contribution is 14.1. The molecule has 1 aliphatic carbocycles. The molecule has 14 heteroatoms. The first kappa shape index (κ1) is 26.7.